The van der Waals surface area contributed by atoms with Crippen molar-refractivity contribution in [3.63, 3.8) is 0 Å². The average molecular weight is 436 g/mol. The highest BCUT2D eigenvalue weighted by molar-refractivity contribution is 9.10. The molecule has 27 heavy (non-hydrogen) atoms. The highest BCUT2D eigenvalue weighted by atomic mass is 79.9. The molecule has 0 heterocycles. The Balaban J connectivity index is 1.93. The molecule has 1 atom stereocenters. The molecule has 0 aliphatic rings. The van der Waals surface area contributed by atoms with Gasteiger partial charge >= 0.3 is 0 Å². The van der Waals surface area contributed by atoms with Gasteiger partial charge in [-0.25, -0.2) is 4.99 Å². The van der Waals surface area contributed by atoms with Crippen molar-refractivity contribution in [3.8, 4) is 17.2 Å². The maximum atomic E-state index is 9.87. The number of nitrogens with zero attached hydrogens (tertiary/aromatic N) is 1. The van der Waals surface area contributed by atoms with E-state index in [4.69, 9.17) is 9.47 Å². The molecule has 0 fully saturated rings. The fourth-order valence-electron chi connectivity index (χ4n) is 2.39. The number of rotatable bonds is 8. The van der Waals surface area contributed by atoms with E-state index in [1.807, 2.05) is 44.2 Å². The van der Waals surface area contributed by atoms with E-state index >= 15 is 0 Å². The second-order valence-corrected chi connectivity index (χ2v) is 6.80. The quantitative estimate of drug-likeness (QED) is 0.435. The number of hydrogen-bond acceptors (Lipinski definition) is 4. The molecular formula is C20H26BrN3O3. The van der Waals surface area contributed by atoms with Crippen molar-refractivity contribution in [2.75, 3.05) is 20.2 Å². The standard InChI is InChI=1S/C20H26BrN3O3/c1-4-22-20(24-13-15-9-10-19(26-3)17(25)11-15)23-12-14(2)27-18-8-6-5-7-16(18)21/h5-11,14,25H,4,12-13H2,1-3H3,(H2,22,23,24). The van der Waals surface area contributed by atoms with Crippen molar-refractivity contribution >= 4 is 21.9 Å². The number of para-hydroxylation sites is 1. The fourth-order valence-corrected chi connectivity index (χ4v) is 2.76. The summed E-state index contributed by atoms with van der Waals surface area (Å²) in [5, 5.41) is 16.4. The number of guanidine groups is 1. The molecule has 0 saturated heterocycles. The van der Waals surface area contributed by atoms with E-state index in [0.29, 0.717) is 24.8 Å². The number of phenols is 1. The second-order valence-electron chi connectivity index (χ2n) is 5.94. The van der Waals surface area contributed by atoms with Gasteiger partial charge in [0, 0.05) is 6.54 Å². The summed E-state index contributed by atoms with van der Waals surface area (Å²) in [6.07, 6.45) is -0.0439. The first-order chi connectivity index (χ1) is 13.0. The smallest absolute Gasteiger partial charge is 0.191 e. The number of halogens is 1. The lowest BCUT2D eigenvalue weighted by Gasteiger charge is -2.18. The van der Waals surface area contributed by atoms with Crippen LogP contribution < -0.4 is 20.1 Å². The molecule has 1 unspecified atom stereocenters. The lowest BCUT2D eigenvalue weighted by Crippen LogP contribution is -2.41. The molecular weight excluding hydrogens is 410 g/mol. The molecule has 0 aliphatic carbocycles. The van der Waals surface area contributed by atoms with E-state index in [2.05, 4.69) is 31.6 Å². The number of nitrogens with one attached hydrogen (secondary N) is 2. The van der Waals surface area contributed by atoms with Crippen LogP contribution in [-0.4, -0.2) is 37.4 Å². The van der Waals surface area contributed by atoms with Crippen LogP contribution in [0.4, 0.5) is 0 Å². The van der Waals surface area contributed by atoms with Gasteiger partial charge in [0.05, 0.1) is 24.7 Å². The summed E-state index contributed by atoms with van der Waals surface area (Å²) in [6.45, 7) is 5.79. The SMILES string of the molecule is CCNC(=NCc1ccc(OC)c(O)c1)NCC(C)Oc1ccccc1Br. The number of methoxy groups -OCH3 is 1. The minimum absolute atomic E-state index is 0.0439. The van der Waals surface area contributed by atoms with Gasteiger partial charge in [0.1, 0.15) is 11.9 Å². The van der Waals surface area contributed by atoms with Crippen LogP contribution in [-0.2, 0) is 6.54 Å². The molecule has 3 N–H and O–H groups in total. The number of ether oxygens (including phenoxy) is 2. The minimum atomic E-state index is -0.0439. The number of benzene rings is 2. The fraction of sp³-hybridized carbons (Fsp3) is 0.350. The first-order valence-electron chi connectivity index (χ1n) is 8.82. The van der Waals surface area contributed by atoms with Crippen molar-refractivity contribution in [3.05, 3.63) is 52.5 Å². The van der Waals surface area contributed by atoms with Crippen molar-refractivity contribution in [1.82, 2.24) is 10.6 Å². The topological polar surface area (TPSA) is 75.1 Å². The van der Waals surface area contributed by atoms with Crippen LogP contribution >= 0.6 is 15.9 Å². The average Bonchev–Trinajstić information content (AvgIpc) is 2.66. The molecule has 2 aromatic carbocycles. The number of phenolic OH excluding ortho intramolecular Hbond substituents is 1. The van der Waals surface area contributed by atoms with Crippen molar-refractivity contribution in [2.24, 2.45) is 4.99 Å². The molecule has 0 bridgehead atoms. The van der Waals surface area contributed by atoms with E-state index in [9.17, 15) is 5.11 Å². The van der Waals surface area contributed by atoms with Gasteiger partial charge in [-0.2, -0.15) is 0 Å². The maximum absolute atomic E-state index is 9.87. The Bertz CT molecular complexity index is 768. The van der Waals surface area contributed by atoms with Gasteiger partial charge in [0.25, 0.3) is 0 Å². The van der Waals surface area contributed by atoms with Gasteiger partial charge in [-0.3, -0.25) is 0 Å². The highest BCUT2D eigenvalue weighted by Crippen LogP contribution is 2.26. The predicted octanol–water partition coefficient (Wildman–Crippen LogP) is 3.69. The van der Waals surface area contributed by atoms with Crippen molar-refractivity contribution in [1.29, 1.82) is 0 Å². The van der Waals surface area contributed by atoms with Crippen LogP contribution in [0.5, 0.6) is 17.2 Å². The van der Waals surface area contributed by atoms with E-state index in [-0.39, 0.29) is 11.9 Å². The van der Waals surface area contributed by atoms with Gasteiger partial charge < -0.3 is 25.2 Å². The van der Waals surface area contributed by atoms with E-state index in [1.165, 1.54) is 7.11 Å². The van der Waals surface area contributed by atoms with Gasteiger partial charge in [0.15, 0.2) is 17.5 Å². The van der Waals surface area contributed by atoms with E-state index < -0.39 is 0 Å². The van der Waals surface area contributed by atoms with Gasteiger partial charge in [-0.15, -0.1) is 0 Å². The summed E-state index contributed by atoms with van der Waals surface area (Å²) >= 11 is 3.49. The zero-order chi connectivity index (χ0) is 19.6. The van der Waals surface area contributed by atoms with Crippen LogP contribution in [0, 0.1) is 0 Å². The molecule has 6 nitrogen and oxygen atoms in total. The van der Waals surface area contributed by atoms with Crippen LogP contribution in [0.25, 0.3) is 0 Å². The van der Waals surface area contributed by atoms with Crippen LogP contribution in [0.1, 0.15) is 19.4 Å². The zero-order valence-corrected chi connectivity index (χ0v) is 17.4. The largest absolute Gasteiger partial charge is 0.504 e. The Hall–Kier alpha value is -2.41. The first-order valence-corrected chi connectivity index (χ1v) is 9.62. The Morgan fingerprint density at radius 3 is 2.63 bits per heavy atom. The molecule has 2 rings (SSSR count). The highest BCUT2D eigenvalue weighted by Gasteiger charge is 2.08. The minimum Gasteiger partial charge on any atom is -0.504 e. The molecule has 7 heteroatoms. The lowest BCUT2D eigenvalue weighted by molar-refractivity contribution is 0.222. The van der Waals surface area contributed by atoms with Crippen LogP contribution in [0.15, 0.2) is 51.9 Å². The summed E-state index contributed by atoms with van der Waals surface area (Å²) in [4.78, 5) is 4.55. The third-order valence-electron chi connectivity index (χ3n) is 3.73. The number of aliphatic imine (C=N–C) groups is 1. The molecule has 0 aromatic heterocycles. The first kappa shape index (κ1) is 20.9. The molecule has 0 amide bonds. The summed E-state index contributed by atoms with van der Waals surface area (Å²) in [5.41, 5.74) is 0.892. The van der Waals surface area contributed by atoms with E-state index in [1.54, 1.807) is 12.1 Å². The van der Waals surface area contributed by atoms with Gasteiger partial charge in [-0.05, 0) is 59.6 Å². The Labute approximate surface area is 168 Å². The van der Waals surface area contributed by atoms with E-state index in [0.717, 1.165) is 22.3 Å². The molecule has 0 saturated carbocycles. The predicted molar refractivity (Wildman–Crippen MR) is 112 cm³/mol. The van der Waals surface area contributed by atoms with Crippen molar-refractivity contribution < 1.29 is 14.6 Å². The molecule has 146 valence electrons. The Morgan fingerprint density at radius 2 is 1.96 bits per heavy atom. The summed E-state index contributed by atoms with van der Waals surface area (Å²) in [5.74, 6) is 2.06. The molecule has 2 aromatic rings. The summed E-state index contributed by atoms with van der Waals surface area (Å²) in [6, 6.07) is 13.0. The third-order valence-corrected chi connectivity index (χ3v) is 4.38. The second kappa shape index (κ2) is 10.7. The zero-order valence-electron chi connectivity index (χ0n) is 15.8. The molecule has 0 aliphatic heterocycles. The Kier molecular flexibility index (Phi) is 8.26. The van der Waals surface area contributed by atoms with Crippen molar-refractivity contribution in [2.45, 2.75) is 26.5 Å². The molecule has 0 radical (unpaired) electrons. The number of hydrogen-bond donors (Lipinski definition) is 3. The maximum Gasteiger partial charge on any atom is 0.191 e. The molecule has 0 spiro atoms. The van der Waals surface area contributed by atoms with Crippen LogP contribution in [0.3, 0.4) is 0 Å². The van der Waals surface area contributed by atoms with Crippen LogP contribution in [0.2, 0.25) is 0 Å². The van der Waals surface area contributed by atoms with Gasteiger partial charge in [0.2, 0.25) is 0 Å². The summed E-state index contributed by atoms with van der Waals surface area (Å²) < 4.78 is 11.9. The normalized spacial score (nSPS) is 12.4. The monoisotopic (exact) mass is 435 g/mol. The van der Waals surface area contributed by atoms with Gasteiger partial charge in [-0.1, -0.05) is 18.2 Å². The summed E-state index contributed by atoms with van der Waals surface area (Å²) in [7, 11) is 1.53. The number of aromatic hydroxyl groups is 1. The Morgan fingerprint density at radius 1 is 1.19 bits per heavy atom. The lowest BCUT2D eigenvalue weighted by atomic mass is 10.2. The third kappa shape index (κ3) is 6.67.